The molecule has 144 valence electrons. The number of hydrogen-bond donors (Lipinski definition) is 1. The topological polar surface area (TPSA) is 85.2 Å². The summed E-state index contributed by atoms with van der Waals surface area (Å²) in [5.74, 6) is 0.435. The molecule has 4 aromatic rings. The molecule has 0 amide bonds. The number of benzene rings is 2. The first-order valence-corrected chi connectivity index (χ1v) is 9.53. The van der Waals surface area contributed by atoms with E-state index in [0.717, 1.165) is 21.6 Å². The number of aryl methyl sites for hydroxylation is 2. The van der Waals surface area contributed by atoms with Gasteiger partial charge >= 0.3 is 0 Å². The molecule has 3 heterocycles. The smallest absolute Gasteiger partial charge is 0.163 e. The van der Waals surface area contributed by atoms with Gasteiger partial charge in [0.25, 0.3) is 0 Å². The zero-order chi connectivity index (χ0) is 20.0. The van der Waals surface area contributed by atoms with Crippen LogP contribution in [0, 0.1) is 13.8 Å². The van der Waals surface area contributed by atoms with Crippen molar-refractivity contribution in [2.45, 2.75) is 26.6 Å². The molecule has 0 aliphatic carbocycles. The summed E-state index contributed by atoms with van der Waals surface area (Å²) in [6, 6.07) is 14.6. The zero-order valence-corrected chi connectivity index (χ0v) is 16.3. The first-order chi connectivity index (χ1) is 14.1. The summed E-state index contributed by atoms with van der Waals surface area (Å²) in [6.07, 6.45) is 5.22. The van der Waals surface area contributed by atoms with E-state index in [0.29, 0.717) is 18.0 Å². The fourth-order valence-corrected chi connectivity index (χ4v) is 3.80. The van der Waals surface area contributed by atoms with Gasteiger partial charge in [-0.1, -0.05) is 30.3 Å². The van der Waals surface area contributed by atoms with Crippen LogP contribution < -0.4 is 21.2 Å². The number of para-hydroxylation sites is 1. The predicted octanol–water partition coefficient (Wildman–Crippen LogP) is 1.93. The Labute approximate surface area is 167 Å². The molecule has 7 heteroatoms. The van der Waals surface area contributed by atoms with E-state index in [4.69, 9.17) is 10.7 Å². The van der Waals surface area contributed by atoms with Crippen LogP contribution in [0.1, 0.15) is 11.1 Å². The summed E-state index contributed by atoms with van der Waals surface area (Å²) in [7, 11) is 0. The first-order valence-electron chi connectivity index (χ1n) is 9.53. The molecular weight excluding hydrogens is 362 g/mol. The van der Waals surface area contributed by atoms with Gasteiger partial charge in [-0.2, -0.15) is 5.10 Å². The highest BCUT2D eigenvalue weighted by Crippen LogP contribution is 2.25. The van der Waals surface area contributed by atoms with Crippen LogP contribution in [0.15, 0.2) is 60.0 Å². The molecule has 2 aromatic heterocycles. The molecule has 1 atom stereocenters. The molecule has 1 unspecified atom stereocenters. The fraction of sp³-hybridized carbons (Fsp3) is 0.182. The third-order valence-corrected chi connectivity index (χ3v) is 5.37. The Morgan fingerprint density at radius 1 is 1.00 bits per heavy atom. The number of anilines is 2. The van der Waals surface area contributed by atoms with Crippen LogP contribution in [0.2, 0.25) is 0 Å². The van der Waals surface area contributed by atoms with Crippen LogP contribution in [0.4, 0.5) is 11.5 Å². The molecule has 7 nitrogen and oxygen atoms in total. The quantitative estimate of drug-likeness (QED) is 0.584. The van der Waals surface area contributed by atoms with Crippen molar-refractivity contribution in [2.75, 3.05) is 10.6 Å². The second-order valence-electron chi connectivity index (χ2n) is 7.26. The van der Waals surface area contributed by atoms with Gasteiger partial charge in [0.15, 0.2) is 5.65 Å². The zero-order valence-electron chi connectivity index (χ0n) is 16.3. The van der Waals surface area contributed by atoms with Gasteiger partial charge in [-0.05, 0) is 37.1 Å². The SMILES string of the molecule is Cc1ccccc1N1C=c2c(C)cccc2=NC1Cn1ncc2c(N)ncnc21. The minimum absolute atomic E-state index is 0.162. The van der Waals surface area contributed by atoms with Gasteiger partial charge in [-0.3, -0.25) is 4.99 Å². The van der Waals surface area contributed by atoms with E-state index in [1.165, 1.54) is 17.5 Å². The van der Waals surface area contributed by atoms with Gasteiger partial charge in [-0.15, -0.1) is 0 Å². The van der Waals surface area contributed by atoms with Crippen molar-refractivity contribution < 1.29 is 0 Å². The Bertz CT molecular complexity index is 1340. The molecule has 0 bridgehead atoms. The number of nitrogens with two attached hydrogens (primary N) is 1. The van der Waals surface area contributed by atoms with E-state index < -0.39 is 0 Å². The third kappa shape index (κ3) is 2.91. The largest absolute Gasteiger partial charge is 0.383 e. The molecule has 5 rings (SSSR count). The van der Waals surface area contributed by atoms with Gasteiger partial charge in [0, 0.05) is 17.1 Å². The Morgan fingerprint density at radius 3 is 2.69 bits per heavy atom. The highest BCUT2D eigenvalue weighted by atomic mass is 15.4. The summed E-state index contributed by atoms with van der Waals surface area (Å²) < 4.78 is 1.85. The van der Waals surface area contributed by atoms with Gasteiger partial charge in [0.1, 0.15) is 18.3 Å². The molecule has 1 aliphatic rings. The minimum atomic E-state index is -0.162. The van der Waals surface area contributed by atoms with E-state index in [1.807, 2.05) is 10.7 Å². The Morgan fingerprint density at radius 2 is 1.83 bits per heavy atom. The van der Waals surface area contributed by atoms with Gasteiger partial charge in [0.05, 0.1) is 23.5 Å². The molecule has 0 radical (unpaired) electrons. The third-order valence-electron chi connectivity index (χ3n) is 5.37. The Balaban J connectivity index is 1.66. The van der Waals surface area contributed by atoms with Crippen LogP contribution >= 0.6 is 0 Å². The van der Waals surface area contributed by atoms with E-state index in [-0.39, 0.29) is 6.17 Å². The van der Waals surface area contributed by atoms with E-state index >= 15 is 0 Å². The van der Waals surface area contributed by atoms with Crippen molar-refractivity contribution in [3.05, 3.63) is 76.7 Å². The van der Waals surface area contributed by atoms with E-state index in [1.54, 1.807) is 6.20 Å². The number of aromatic nitrogens is 4. The summed E-state index contributed by atoms with van der Waals surface area (Å²) >= 11 is 0. The molecule has 2 N–H and O–H groups in total. The molecule has 0 saturated heterocycles. The van der Waals surface area contributed by atoms with E-state index in [2.05, 4.69) is 76.4 Å². The number of fused-ring (bicyclic) bond motifs is 2. The highest BCUT2D eigenvalue weighted by Gasteiger charge is 2.23. The lowest BCUT2D eigenvalue weighted by Gasteiger charge is -2.31. The number of hydrogen-bond acceptors (Lipinski definition) is 6. The van der Waals surface area contributed by atoms with Crippen molar-refractivity contribution in [2.24, 2.45) is 4.99 Å². The standard InChI is InChI=1S/C22H21N7/c1-14-7-5-8-18-17(14)11-28(19-9-4-3-6-15(19)2)20(27-18)12-29-22-16(10-26-29)21(23)24-13-25-22/h3-11,13,20H,12H2,1-2H3,(H2,23,24,25). The molecule has 0 fully saturated rings. The summed E-state index contributed by atoms with van der Waals surface area (Å²) in [5.41, 5.74) is 10.2. The maximum Gasteiger partial charge on any atom is 0.163 e. The first kappa shape index (κ1) is 17.4. The molecule has 1 aliphatic heterocycles. The predicted molar refractivity (Wildman–Crippen MR) is 114 cm³/mol. The average molecular weight is 383 g/mol. The van der Waals surface area contributed by atoms with Crippen LogP contribution in [-0.4, -0.2) is 25.9 Å². The number of nitrogen functional groups attached to an aromatic ring is 1. The fourth-order valence-electron chi connectivity index (χ4n) is 3.80. The van der Waals surface area contributed by atoms with Crippen molar-refractivity contribution in [3.63, 3.8) is 0 Å². The highest BCUT2D eigenvalue weighted by molar-refractivity contribution is 5.84. The normalized spacial score (nSPS) is 15.7. The van der Waals surface area contributed by atoms with Crippen molar-refractivity contribution in [1.29, 1.82) is 0 Å². The lowest BCUT2D eigenvalue weighted by atomic mass is 10.1. The second kappa shape index (κ2) is 6.70. The van der Waals surface area contributed by atoms with Gasteiger partial charge < -0.3 is 10.6 Å². The van der Waals surface area contributed by atoms with Gasteiger partial charge in [0.2, 0.25) is 0 Å². The lowest BCUT2D eigenvalue weighted by Crippen LogP contribution is -2.45. The maximum atomic E-state index is 5.98. The van der Waals surface area contributed by atoms with Crippen LogP contribution in [0.25, 0.3) is 17.2 Å². The Kier molecular flexibility index (Phi) is 4.01. The number of rotatable bonds is 3. The number of nitrogens with zero attached hydrogens (tertiary/aromatic N) is 6. The second-order valence-corrected chi connectivity index (χ2v) is 7.26. The molecular formula is C22H21N7. The summed E-state index contributed by atoms with van der Waals surface area (Å²) in [4.78, 5) is 15.7. The summed E-state index contributed by atoms with van der Waals surface area (Å²) in [5, 5.41) is 7.40. The van der Waals surface area contributed by atoms with Crippen molar-refractivity contribution in [1.82, 2.24) is 19.7 Å². The summed E-state index contributed by atoms with van der Waals surface area (Å²) in [6.45, 7) is 4.77. The minimum Gasteiger partial charge on any atom is -0.383 e. The van der Waals surface area contributed by atoms with Crippen molar-refractivity contribution >= 4 is 28.7 Å². The lowest BCUT2D eigenvalue weighted by molar-refractivity contribution is 0.518. The molecule has 2 aromatic carbocycles. The molecule has 0 spiro atoms. The van der Waals surface area contributed by atoms with Crippen LogP contribution in [0.5, 0.6) is 0 Å². The maximum absolute atomic E-state index is 5.98. The van der Waals surface area contributed by atoms with Crippen LogP contribution in [-0.2, 0) is 6.54 Å². The average Bonchev–Trinajstić information content (AvgIpc) is 3.13. The van der Waals surface area contributed by atoms with Crippen LogP contribution in [0.3, 0.4) is 0 Å². The monoisotopic (exact) mass is 383 g/mol. The molecule has 29 heavy (non-hydrogen) atoms. The van der Waals surface area contributed by atoms with E-state index in [9.17, 15) is 0 Å². The Hall–Kier alpha value is -3.74. The van der Waals surface area contributed by atoms with Crippen molar-refractivity contribution in [3.8, 4) is 0 Å². The van der Waals surface area contributed by atoms with Gasteiger partial charge in [-0.25, -0.2) is 14.6 Å². The molecule has 0 saturated carbocycles.